The van der Waals surface area contributed by atoms with E-state index in [-0.39, 0.29) is 0 Å². The summed E-state index contributed by atoms with van der Waals surface area (Å²) in [6, 6.07) is 1.31. The Bertz CT molecular complexity index is 333. The maximum Gasteiger partial charge on any atom is 0.110 e. The van der Waals surface area contributed by atoms with Gasteiger partial charge >= 0.3 is 0 Å². The standard InChI is InChI=1S/C12H18N2S/c1-2-9(13-8-6-7-8)12-14-10-4-3-5-11(10)15-12/h8-9,13H,2-7H2,1H3. The van der Waals surface area contributed by atoms with Gasteiger partial charge in [0, 0.05) is 10.9 Å². The molecule has 1 saturated carbocycles. The van der Waals surface area contributed by atoms with Gasteiger partial charge in [-0.15, -0.1) is 11.3 Å². The number of fused-ring (bicyclic) bond motifs is 1. The van der Waals surface area contributed by atoms with Crippen molar-refractivity contribution in [2.45, 2.75) is 57.5 Å². The minimum absolute atomic E-state index is 0.521. The van der Waals surface area contributed by atoms with Gasteiger partial charge in [0.05, 0.1) is 11.7 Å². The van der Waals surface area contributed by atoms with E-state index in [2.05, 4.69) is 12.2 Å². The Hall–Kier alpha value is -0.410. The third-order valence-corrected chi connectivity index (χ3v) is 4.60. The molecule has 1 N–H and O–H groups in total. The molecule has 0 amide bonds. The van der Waals surface area contributed by atoms with E-state index in [1.807, 2.05) is 11.3 Å². The summed E-state index contributed by atoms with van der Waals surface area (Å²) in [6.45, 7) is 2.26. The molecule has 1 fully saturated rings. The number of hydrogen-bond donors (Lipinski definition) is 1. The van der Waals surface area contributed by atoms with Gasteiger partial charge in [-0.25, -0.2) is 4.98 Å². The Morgan fingerprint density at radius 3 is 3.00 bits per heavy atom. The maximum atomic E-state index is 4.80. The van der Waals surface area contributed by atoms with Crippen LogP contribution in [0.1, 0.15) is 54.2 Å². The lowest BCUT2D eigenvalue weighted by Crippen LogP contribution is -2.22. The molecule has 1 unspecified atom stereocenters. The average molecular weight is 222 g/mol. The second-order valence-corrected chi connectivity index (χ2v) is 5.79. The van der Waals surface area contributed by atoms with Gasteiger partial charge < -0.3 is 5.32 Å². The molecule has 1 heterocycles. The zero-order valence-electron chi connectivity index (χ0n) is 9.25. The summed E-state index contributed by atoms with van der Waals surface area (Å²) in [4.78, 5) is 6.36. The van der Waals surface area contributed by atoms with E-state index in [1.54, 1.807) is 4.88 Å². The summed E-state index contributed by atoms with van der Waals surface area (Å²) in [5.74, 6) is 0. The first-order chi connectivity index (χ1) is 7.36. The predicted octanol–water partition coefficient (Wildman–Crippen LogP) is 2.83. The van der Waals surface area contributed by atoms with Crippen LogP contribution < -0.4 is 5.32 Å². The number of thiazole rings is 1. The second kappa shape index (κ2) is 3.87. The van der Waals surface area contributed by atoms with Crippen molar-refractivity contribution in [1.29, 1.82) is 0 Å². The molecule has 0 spiro atoms. The molecule has 2 aliphatic carbocycles. The van der Waals surface area contributed by atoms with E-state index in [9.17, 15) is 0 Å². The maximum absolute atomic E-state index is 4.80. The first-order valence-electron chi connectivity index (χ1n) is 6.11. The lowest BCUT2D eigenvalue weighted by atomic mass is 10.2. The van der Waals surface area contributed by atoms with Crippen LogP contribution in [0.4, 0.5) is 0 Å². The molecule has 0 saturated heterocycles. The lowest BCUT2D eigenvalue weighted by Gasteiger charge is -2.13. The van der Waals surface area contributed by atoms with Crippen LogP contribution in [0.15, 0.2) is 0 Å². The Morgan fingerprint density at radius 2 is 2.33 bits per heavy atom. The minimum atomic E-state index is 0.521. The van der Waals surface area contributed by atoms with E-state index in [4.69, 9.17) is 4.98 Å². The molecule has 0 aromatic carbocycles. The molecule has 15 heavy (non-hydrogen) atoms. The molecule has 3 heteroatoms. The van der Waals surface area contributed by atoms with Gasteiger partial charge in [-0.2, -0.15) is 0 Å². The Morgan fingerprint density at radius 1 is 1.47 bits per heavy atom. The van der Waals surface area contributed by atoms with Crippen molar-refractivity contribution in [3.8, 4) is 0 Å². The van der Waals surface area contributed by atoms with Gasteiger partial charge in [-0.1, -0.05) is 6.92 Å². The van der Waals surface area contributed by atoms with Gasteiger partial charge in [-0.3, -0.25) is 0 Å². The summed E-state index contributed by atoms with van der Waals surface area (Å²) < 4.78 is 0. The van der Waals surface area contributed by atoms with E-state index >= 15 is 0 Å². The first kappa shape index (κ1) is 9.79. The van der Waals surface area contributed by atoms with Crippen molar-refractivity contribution in [2.75, 3.05) is 0 Å². The quantitative estimate of drug-likeness (QED) is 0.847. The Labute approximate surface area is 95.1 Å². The Kier molecular flexibility index (Phi) is 2.53. The molecule has 82 valence electrons. The van der Waals surface area contributed by atoms with Crippen molar-refractivity contribution >= 4 is 11.3 Å². The summed E-state index contributed by atoms with van der Waals surface area (Å²) >= 11 is 1.95. The molecule has 2 nitrogen and oxygen atoms in total. The van der Waals surface area contributed by atoms with Crippen LogP contribution in [-0.2, 0) is 12.8 Å². The van der Waals surface area contributed by atoms with Crippen molar-refractivity contribution < 1.29 is 0 Å². The molecule has 1 aromatic heterocycles. The minimum Gasteiger partial charge on any atom is -0.305 e. The van der Waals surface area contributed by atoms with Crippen LogP contribution in [-0.4, -0.2) is 11.0 Å². The highest BCUT2D eigenvalue weighted by Gasteiger charge is 2.27. The van der Waals surface area contributed by atoms with Crippen molar-refractivity contribution in [1.82, 2.24) is 10.3 Å². The van der Waals surface area contributed by atoms with Gasteiger partial charge in [0.15, 0.2) is 0 Å². The number of nitrogens with one attached hydrogen (secondary N) is 1. The highest BCUT2D eigenvalue weighted by atomic mass is 32.1. The normalized spacial score (nSPS) is 21.7. The highest BCUT2D eigenvalue weighted by Crippen LogP contribution is 2.33. The molecular weight excluding hydrogens is 204 g/mol. The van der Waals surface area contributed by atoms with Crippen LogP contribution in [0.2, 0.25) is 0 Å². The molecule has 3 rings (SSSR count). The van der Waals surface area contributed by atoms with Gasteiger partial charge in [0.1, 0.15) is 5.01 Å². The second-order valence-electron chi connectivity index (χ2n) is 4.68. The van der Waals surface area contributed by atoms with Crippen molar-refractivity contribution in [2.24, 2.45) is 0 Å². The average Bonchev–Trinajstić information content (AvgIpc) is 2.79. The van der Waals surface area contributed by atoms with Crippen LogP contribution in [0, 0.1) is 0 Å². The van der Waals surface area contributed by atoms with E-state index in [1.165, 1.54) is 49.2 Å². The molecule has 1 aromatic rings. The number of aryl methyl sites for hydroxylation is 2. The number of aromatic nitrogens is 1. The monoisotopic (exact) mass is 222 g/mol. The summed E-state index contributed by atoms with van der Waals surface area (Å²) in [5.41, 5.74) is 1.39. The van der Waals surface area contributed by atoms with Gasteiger partial charge in [0.25, 0.3) is 0 Å². The highest BCUT2D eigenvalue weighted by molar-refractivity contribution is 7.11. The molecule has 1 atom stereocenters. The molecule has 0 bridgehead atoms. The van der Waals surface area contributed by atoms with Crippen molar-refractivity contribution in [3.05, 3.63) is 15.6 Å². The smallest absolute Gasteiger partial charge is 0.110 e. The van der Waals surface area contributed by atoms with E-state index in [0.29, 0.717) is 6.04 Å². The van der Waals surface area contributed by atoms with Gasteiger partial charge in [0.2, 0.25) is 0 Å². The molecular formula is C12H18N2S. The number of nitrogens with zero attached hydrogens (tertiary/aromatic N) is 1. The fourth-order valence-electron chi connectivity index (χ4n) is 2.26. The van der Waals surface area contributed by atoms with Crippen LogP contribution >= 0.6 is 11.3 Å². The van der Waals surface area contributed by atoms with Crippen molar-refractivity contribution in [3.63, 3.8) is 0 Å². The predicted molar refractivity (Wildman–Crippen MR) is 63.3 cm³/mol. The number of hydrogen-bond acceptors (Lipinski definition) is 3. The third-order valence-electron chi connectivity index (χ3n) is 3.33. The summed E-state index contributed by atoms with van der Waals surface area (Å²) in [6.07, 6.45) is 7.70. The molecule has 0 aliphatic heterocycles. The molecule has 2 aliphatic rings. The topological polar surface area (TPSA) is 24.9 Å². The fourth-order valence-corrected chi connectivity index (χ4v) is 3.55. The fraction of sp³-hybridized carbons (Fsp3) is 0.750. The van der Waals surface area contributed by atoms with E-state index in [0.717, 1.165) is 6.04 Å². The summed E-state index contributed by atoms with van der Waals surface area (Å²) in [5, 5.41) is 5.04. The van der Waals surface area contributed by atoms with Crippen LogP contribution in [0.25, 0.3) is 0 Å². The number of rotatable bonds is 4. The first-order valence-corrected chi connectivity index (χ1v) is 6.93. The zero-order chi connectivity index (χ0) is 10.3. The third kappa shape index (κ3) is 1.95. The summed E-state index contributed by atoms with van der Waals surface area (Å²) in [7, 11) is 0. The Balaban J connectivity index is 1.76. The van der Waals surface area contributed by atoms with E-state index < -0.39 is 0 Å². The molecule has 0 radical (unpaired) electrons. The van der Waals surface area contributed by atoms with Gasteiger partial charge in [-0.05, 0) is 38.5 Å². The lowest BCUT2D eigenvalue weighted by molar-refractivity contribution is 0.513. The zero-order valence-corrected chi connectivity index (χ0v) is 10.1. The largest absolute Gasteiger partial charge is 0.305 e. The van der Waals surface area contributed by atoms with Crippen LogP contribution in [0.3, 0.4) is 0 Å². The van der Waals surface area contributed by atoms with Crippen LogP contribution in [0.5, 0.6) is 0 Å². The SMILES string of the molecule is CCC(NC1CC1)c1nc2c(s1)CCC2.